The third-order valence-electron chi connectivity index (χ3n) is 4.82. The Morgan fingerprint density at radius 2 is 1.59 bits per heavy atom. The van der Waals surface area contributed by atoms with E-state index < -0.39 is 5.54 Å². The number of hydrogen-bond acceptors (Lipinski definition) is 7. The predicted octanol–water partition coefficient (Wildman–Crippen LogP) is 2.40. The average molecular weight is 451 g/mol. The lowest BCUT2D eigenvalue weighted by Crippen LogP contribution is -2.51. The van der Waals surface area contributed by atoms with Crippen molar-refractivity contribution in [1.82, 2.24) is 10.6 Å². The van der Waals surface area contributed by atoms with Gasteiger partial charge in [-0.3, -0.25) is 14.9 Å². The van der Waals surface area contributed by atoms with Crippen LogP contribution in [0.5, 0.6) is 0 Å². The molecule has 1 aromatic carbocycles. The van der Waals surface area contributed by atoms with E-state index in [4.69, 9.17) is 14.2 Å². The average Bonchev–Trinajstić information content (AvgIpc) is 2.78. The van der Waals surface area contributed by atoms with Gasteiger partial charge in [0.05, 0.1) is 26.4 Å². The van der Waals surface area contributed by atoms with Crippen LogP contribution >= 0.6 is 0 Å². The van der Waals surface area contributed by atoms with Crippen LogP contribution in [0.15, 0.2) is 30.3 Å². The number of Topliss-reactive ketones (excluding diaryl/α,β-unsaturated/α-hetero) is 1. The number of carbonyl (C=O) groups is 3. The molecule has 2 N–H and O–H groups in total. The van der Waals surface area contributed by atoms with Crippen molar-refractivity contribution in [2.24, 2.45) is 0 Å². The molecule has 0 spiro atoms. The number of rotatable bonds is 18. The summed E-state index contributed by atoms with van der Waals surface area (Å²) in [5.74, 6) is -0.414. The summed E-state index contributed by atoms with van der Waals surface area (Å²) in [7, 11) is 0. The zero-order chi connectivity index (χ0) is 23.7. The number of esters is 1. The van der Waals surface area contributed by atoms with Crippen LogP contribution in [0.2, 0.25) is 0 Å². The van der Waals surface area contributed by atoms with Gasteiger partial charge in [0.1, 0.15) is 17.9 Å². The molecule has 8 nitrogen and oxygen atoms in total. The van der Waals surface area contributed by atoms with Crippen LogP contribution in [-0.4, -0.2) is 62.7 Å². The molecule has 1 atom stereocenters. The van der Waals surface area contributed by atoms with E-state index in [1.165, 1.54) is 6.92 Å². The summed E-state index contributed by atoms with van der Waals surface area (Å²) < 4.78 is 16.5. The third-order valence-corrected chi connectivity index (χ3v) is 4.82. The summed E-state index contributed by atoms with van der Waals surface area (Å²) in [6.45, 7) is 8.19. The molecule has 0 saturated carbocycles. The summed E-state index contributed by atoms with van der Waals surface area (Å²) in [5, 5.41) is 5.96. The van der Waals surface area contributed by atoms with Gasteiger partial charge in [0.15, 0.2) is 0 Å². The number of amides is 1. The normalized spacial score (nSPS) is 12.7. The largest absolute Gasteiger partial charge is 0.459 e. The van der Waals surface area contributed by atoms with Crippen molar-refractivity contribution >= 4 is 17.7 Å². The lowest BCUT2D eigenvalue weighted by atomic mass is 9.96. The van der Waals surface area contributed by atoms with Gasteiger partial charge in [-0.15, -0.1) is 0 Å². The molecule has 0 aliphatic carbocycles. The minimum Gasteiger partial charge on any atom is -0.459 e. The van der Waals surface area contributed by atoms with Gasteiger partial charge in [0.2, 0.25) is 5.91 Å². The number of ketones is 1. The standard InChI is InChI=1S/C24H38N2O6/c1-4-12-24(3,23(29)32-19-21-8-6-5-7-9-21)26-14-16-31-18-17-30-15-13-25-22(28)11-10-20(2)27/h5-9,26H,4,10-19H2,1-3H3,(H,25,28). The van der Waals surface area contributed by atoms with E-state index in [1.807, 2.05) is 44.2 Å². The summed E-state index contributed by atoms with van der Waals surface area (Å²) >= 11 is 0. The maximum atomic E-state index is 12.6. The topological polar surface area (TPSA) is 103 Å². The zero-order valence-electron chi connectivity index (χ0n) is 19.6. The lowest BCUT2D eigenvalue weighted by molar-refractivity contribution is -0.153. The molecule has 1 rings (SSSR count). The molecule has 0 fully saturated rings. The molecule has 1 aromatic rings. The minimum atomic E-state index is -0.760. The molecule has 1 amide bonds. The van der Waals surface area contributed by atoms with Gasteiger partial charge in [-0.2, -0.15) is 0 Å². The molecule has 0 aliphatic heterocycles. The van der Waals surface area contributed by atoms with Gasteiger partial charge in [0.25, 0.3) is 0 Å². The van der Waals surface area contributed by atoms with E-state index in [-0.39, 0.29) is 37.1 Å². The number of hydrogen-bond donors (Lipinski definition) is 2. The van der Waals surface area contributed by atoms with E-state index in [1.54, 1.807) is 0 Å². The molecule has 0 radical (unpaired) electrons. The molecular formula is C24H38N2O6. The molecule has 32 heavy (non-hydrogen) atoms. The fourth-order valence-corrected chi connectivity index (χ4v) is 3.01. The molecule has 0 aromatic heterocycles. The second-order valence-corrected chi connectivity index (χ2v) is 7.85. The Balaban J connectivity index is 2.13. The Kier molecular flexibility index (Phi) is 14.2. The highest BCUT2D eigenvalue weighted by atomic mass is 16.5. The van der Waals surface area contributed by atoms with Crippen molar-refractivity contribution in [3.05, 3.63) is 35.9 Å². The summed E-state index contributed by atoms with van der Waals surface area (Å²) in [4.78, 5) is 34.9. The zero-order valence-corrected chi connectivity index (χ0v) is 19.6. The third kappa shape index (κ3) is 12.5. The van der Waals surface area contributed by atoms with Gasteiger partial charge in [-0.05, 0) is 25.8 Å². The van der Waals surface area contributed by atoms with Crippen molar-refractivity contribution in [3.63, 3.8) is 0 Å². The van der Waals surface area contributed by atoms with E-state index >= 15 is 0 Å². The highest BCUT2D eigenvalue weighted by molar-refractivity contribution is 5.83. The maximum Gasteiger partial charge on any atom is 0.326 e. The van der Waals surface area contributed by atoms with E-state index in [9.17, 15) is 14.4 Å². The Labute approximate surface area is 191 Å². The quantitative estimate of drug-likeness (QED) is 0.261. The fourth-order valence-electron chi connectivity index (χ4n) is 3.01. The van der Waals surface area contributed by atoms with Crippen LogP contribution < -0.4 is 10.6 Å². The van der Waals surface area contributed by atoms with Crippen LogP contribution in [0.25, 0.3) is 0 Å². The van der Waals surface area contributed by atoms with Crippen LogP contribution in [-0.2, 0) is 35.2 Å². The van der Waals surface area contributed by atoms with Gasteiger partial charge in [0, 0.05) is 25.9 Å². The Morgan fingerprint density at radius 3 is 2.22 bits per heavy atom. The molecule has 1 unspecified atom stereocenters. The maximum absolute atomic E-state index is 12.6. The number of ether oxygens (including phenoxy) is 3. The summed E-state index contributed by atoms with van der Waals surface area (Å²) in [5.41, 5.74) is 0.197. The smallest absolute Gasteiger partial charge is 0.326 e. The van der Waals surface area contributed by atoms with E-state index in [0.29, 0.717) is 45.9 Å². The van der Waals surface area contributed by atoms with Crippen LogP contribution in [0.4, 0.5) is 0 Å². The first-order valence-corrected chi connectivity index (χ1v) is 11.2. The SMILES string of the molecule is CCCC(C)(NCCOCCOCCNC(=O)CCC(C)=O)C(=O)OCc1ccccc1. The Hall–Kier alpha value is -2.29. The highest BCUT2D eigenvalue weighted by Gasteiger charge is 2.33. The summed E-state index contributed by atoms with van der Waals surface area (Å²) in [6, 6.07) is 9.61. The second-order valence-electron chi connectivity index (χ2n) is 7.85. The van der Waals surface area contributed by atoms with Crippen LogP contribution in [0.1, 0.15) is 52.0 Å². The monoisotopic (exact) mass is 450 g/mol. The molecular weight excluding hydrogens is 412 g/mol. The van der Waals surface area contributed by atoms with E-state index in [0.717, 1.165) is 12.0 Å². The first kappa shape index (κ1) is 27.7. The number of nitrogens with one attached hydrogen (secondary N) is 2. The second kappa shape index (κ2) is 16.4. The van der Waals surface area contributed by atoms with Gasteiger partial charge in [-0.25, -0.2) is 0 Å². The molecule has 180 valence electrons. The number of carbonyl (C=O) groups excluding carboxylic acids is 3. The van der Waals surface area contributed by atoms with Gasteiger partial charge in [-0.1, -0.05) is 43.7 Å². The van der Waals surface area contributed by atoms with Crippen LogP contribution in [0.3, 0.4) is 0 Å². The highest BCUT2D eigenvalue weighted by Crippen LogP contribution is 2.15. The van der Waals surface area contributed by atoms with Crippen molar-refractivity contribution in [2.75, 3.05) is 39.5 Å². The molecule has 0 saturated heterocycles. The molecule has 0 aliphatic rings. The number of benzene rings is 1. The molecule has 0 bridgehead atoms. The Bertz CT molecular complexity index is 682. The Morgan fingerprint density at radius 1 is 0.938 bits per heavy atom. The van der Waals surface area contributed by atoms with Crippen molar-refractivity contribution < 1.29 is 28.6 Å². The van der Waals surface area contributed by atoms with Crippen LogP contribution in [0, 0.1) is 0 Å². The van der Waals surface area contributed by atoms with Crippen molar-refractivity contribution in [2.45, 2.75) is 58.6 Å². The minimum absolute atomic E-state index is 0.00197. The molecule has 0 heterocycles. The molecule has 8 heteroatoms. The first-order valence-electron chi connectivity index (χ1n) is 11.2. The van der Waals surface area contributed by atoms with Gasteiger partial charge < -0.3 is 24.3 Å². The summed E-state index contributed by atoms with van der Waals surface area (Å²) in [6.07, 6.45) is 1.99. The van der Waals surface area contributed by atoms with Gasteiger partial charge >= 0.3 is 5.97 Å². The predicted molar refractivity (Wildman–Crippen MR) is 122 cm³/mol. The first-order chi connectivity index (χ1) is 15.4. The van der Waals surface area contributed by atoms with E-state index in [2.05, 4.69) is 10.6 Å². The van der Waals surface area contributed by atoms with Crippen molar-refractivity contribution in [3.8, 4) is 0 Å². The lowest BCUT2D eigenvalue weighted by Gasteiger charge is -2.28. The fraction of sp³-hybridized carbons (Fsp3) is 0.625. The van der Waals surface area contributed by atoms with Crippen molar-refractivity contribution in [1.29, 1.82) is 0 Å².